The first kappa shape index (κ1) is 18.4. The molecule has 0 unspecified atom stereocenters. The Bertz CT molecular complexity index is 936. The van der Waals surface area contributed by atoms with Crippen molar-refractivity contribution in [2.24, 2.45) is 0 Å². The quantitative estimate of drug-likeness (QED) is 0.834. The van der Waals surface area contributed by atoms with Crippen LogP contribution in [-0.4, -0.2) is 57.9 Å². The minimum atomic E-state index is -3.91. The Morgan fingerprint density at radius 3 is 2.58 bits per heavy atom. The number of rotatable bonds is 4. The number of sulfone groups is 1. The van der Waals surface area contributed by atoms with Crippen molar-refractivity contribution in [1.82, 2.24) is 14.7 Å². The maximum atomic E-state index is 13.0. The second-order valence-electron chi connectivity index (χ2n) is 5.99. The summed E-state index contributed by atoms with van der Waals surface area (Å²) in [6.07, 6.45) is 3.10. The number of aliphatic carboxylic acids is 1. The Hall–Kier alpha value is -2.39. The van der Waals surface area contributed by atoms with Gasteiger partial charge in [0, 0.05) is 25.9 Å². The third-order valence-electron chi connectivity index (χ3n) is 4.38. The van der Waals surface area contributed by atoms with Gasteiger partial charge in [-0.3, -0.25) is 4.79 Å². The summed E-state index contributed by atoms with van der Waals surface area (Å²) < 4.78 is 27.4. The summed E-state index contributed by atoms with van der Waals surface area (Å²) in [7, 11) is -3.91. The Labute approximate surface area is 154 Å². The van der Waals surface area contributed by atoms with E-state index < -0.39 is 33.0 Å². The van der Waals surface area contributed by atoms with Gasteiger partial charge in [0.25, 0.3) is 0 Å². The van der Waals surface area contributed by atoms with Crippen molar-refractivity contribution in [2.45, 2.75) is 29.5 Å². The van der Waals surface area contributed by atoms with Crippen molar-refractivity contribution < 1.29 is 23.1 Å². The van der Waals surface area contributed by atoms with Crippen LogP contribution in [-0.2, 0) is 19.4 Å². The van der Waals surface area contributed by atoms with Crippen LogP contribution in [0.5, 0.6) is 0 Å². The Morgan fingerprint density at radius 1 is 1.35 bits per heavy atom. The van der Waals surface area contributed by atoms with E-state index in [1.807, 2.05) is 0 Å². The molecule has 1 aliphatic heterocycles. The van der Waals surface area contributed by atoms with E-state index in [0.29, 0.717) is 5.69 Å². The van der Waals surface area contributed by atoms with Gasteiger partial charge in [0.05, 0.1) is 20.9 Å². The van der Waals surface area contributed by atoms with Crippen molar-refractivity contribution in [3.05, 3.63) is 41.7 Å². The lowest BCUT2D eigenvalue weighted by atomic mass is 10.2. The van der Waals surface area contributed by atoms with E-state index in [0.717, 1.165) is 4.90 Å². The highest BCUT2D eigenvalue weighted by atomic mass is 35.5. The second-order valence-corrected chi connectivity index (χ2v) is 8.60. The molecule has 2 atom stereocenters. The van der Waals surface area contributed by atoms with E-state index in [-0.39, 0.29) is 22.9 Å². The molecule has 10 heteroatoms. The first-order valence-electron chi connectivity index (χ1n) is 7.75. The Balaban J connectivity index is 1.93. The Morgan fingerprint density at radius 2 is 2.08 bits per heavy atom. The average molecular weight is 398 g/mol. The summed E-state index contributed by atoms with van der Waals surface area (Å²) in [5, 5.41) is 12.3. The maximum absolute atomic E-state index is 13.0. The molecule has 1 aromatic carbocycles. The number of carbonyl (C=O) groups excluding carboxylic acids is 1. The van der Waals surface area contributed by atoms with Crippen molar-refractivity contribution in [3.63, 3.8) is 0 Å². The number of carboxylic acids is 1. The molecular weight excluding hydrogens is 382 g/mol. The summed E-state index contributed by atoms with van der Waals surface area (Å²) in [6.45, 7) is 1.04. The molecule has 1 saturated heterocycles. The molecule has 26 heavy (non-hydrogen) atoms. The molecule has 1 amide bonds. The third kappa shape index (κ3) is 3.19. The van der Waals surface area contributed by atoms with Crippen molar-refractivity contribution in [1.29, 1.82) is 0 Å². The van der Waals surface area contributed by atoms with Crippen molar-refractivity contribution in [2.75, 3.05) is 6.54 Å². The third-order valence-corrected chi connectivity index (χ3v) is 6.99. The number of likely N-dealkylation sites (tertiary alicyclic amines) is 1. The topological polar surface area (TPSA) is 110 Å². The SMILES string of the molecule is CC(=O)N1C[C@H](S(=O)(=O)c2ccc(-n3cccn3)cc2Cl)C[C@@H]1C(=O)O. The standard InChI is InChI=1S/C16H16ClN3O5S/c1-10(21)19-9-12(8-14(19)16(22)23)26(24,25)15-4-3-11(7-13(15)17)20-6-2-5-18-20/h2-7,12,14H,8-9H2,1H3,(H,22,23)/t12-,14-/m1/s1. The number of aromatic nitrogens is 2. The molecule has 1 aromatic heterocycles. The van der Waals surface area contributed by atoms with E-state index in [4.69, 9.17) is 11.6 Å². The number of carboxylic acid groups (broad SMARTS) is 1. The van der Waals surface area contributed by atoms with Gasteiger partial charge in [0.15, 0.2) is 9.84 Å². The fraction of sp³-hybridized carbons (Fsp3) is 0.312. The minimum absolute atomic E-state index is 0.0196. The van der Waals surface area contributed by atoms with Crippen molar-refractivity contribution >= 4 is 33.3 Å². The molecule has 1 N–H and O–H groups in total. The molecule has 2 aromatic rings. The van der Waals surface area contributed by atoms with Gasteiger partial charge in [0.2, 0.25) is 5.91 Å². The van der Waals surface area contributed by atoms with E-state index in [2.05, 4.69) is 5.10 Å². The number of nitrogens with zero attached hydrogens (tertiary/aromatic N) is 3. The normalized spacial score (nSPS) is 20.3. The summed E-state index contributed by atoms with van der Waals surface area (Å²) in [4.78, 5) is 24.0. The second kappa shape index (κ2) is 6.73. The molecule has 0 spiro atoms. The lowest BCUT2D eigenvalue weighted by Gasteiger charge is -2.19. The van der Waals surface area contributed by atoms with Gasteiger partial charge in [-0.1, -0.05) is 11.6 Å². The fourth-order valence-corrected chi connectivity index (χ4v) is 5.31. The molecule has 0 aliphatic carbocycles. The van der Waals surface area contributed by atoms with Crippen LogP contribution in [0.4, 0.5) is 0 Å². The van der Waals surface area contributed by atoms with Crippen LogP contribution >= 0.6 is 11.6 Å². The van der Waals surface area contributed by atoms with Crippen LogP contribution < -0.4 is 0 Å². The van der Waals surface area contributed by atoms with Crippen LogP contribution in [0, 0.1) is 0 Å². The lowest BCUT2D eigenvalue weighted by Crippen LogP contribution is -2.39. The number of benzene rings is 1. The van der Waals surface area contributed by atoms with Gasteiger partial charge in [-0.2, -0.15) is 5.10 Å². The summed E-state index contributed by atoms with van der Waals surface area (Å²) in [5.41, 5.74) is 0.596. The monoisotopic (exact) mass is 397 g/mol. The summed E-state index contributed by atoms with van der Waals surface area (Å²) >= 11 is 6.19. The van der Waals surface area contributed by atoms with E-state index in [9.17, 15) is 23.1 Å². The number of halogens is 1. The molecule has 1 aliphatic rings. The number of hydrogen-bond donors (Lipinski definition) is 1. The van der Waals surface area contributed by atoms with Gasteiger partial charge < -0.3 is 10.0 Å². The van der Waals surface area contributed by atoms with Gasteiger partial charge in [-0.15, -0.1) is 0 Å². The molecule has 3 rings (SSSR count). The zero-order chi connectivity index (χ0) is 19.1. The Kier molecular flexibility index (Phi) is 4.76. The zero-order valence-electron chi connectivity index (χ0n) is 13.7. The van der Waals surface area contributed by atoms with E-state index in [1.165, 1.54) is 23.7 Å². The van der Waals surface area contributed by atoms with Gasteiger partial charge >= 0.3 is 5.97 Å². The molecule has 0 saturated carbocycles. The van der Waals surface area contributed by atoms with Crippen LogP contribution in [0.1, 0.15) is 13.3 Å². The molecule has 0 radical (unpaired) electrons. The highest BCUT2D eigenvalue weighted by molar-refractivity contribution is 7.92. The number of amides is 1. The highest BCUT2D eigenvalue weighted by Gasteiger charge is 2.45. The lowest BCUT2D eigenvalue weighted by molar-refractivity contribution is -0.147. The fourth-order valence-electron chi connectivity index (χ4n) is 3.07. The average Bonchev–Trinajstić information content (AvgIpc) is 3.24. The van der Waals surface area contributed by atoms with Crippen LogP contribution in [0.25, 0.3) is 5.69 Å². The molecule has 1 fully saturated rings. The predicted octanol–water partition coefficient (Wildman–Crippen LogP) is 1.37. The smallest absolute Gasteiger partial charge is 0.326 e. The highest BCUT2D eigenvalue weighted by Crippen LogP contribution is 2.32. The summed E-state index contributed by atoms with van der Waals surface area (Å²) in [5.74, 6) is -1.70. The van der Waals surface area contributed by atoms with Gasteiger partial charge in [-0.25, -0.2) is 17.9 Å². The zero-order valence-corrected chi connectivity index (χ0v) is 15.3. The van der Waals surface area contributed by atoms with Crippen LogP contribution in [0.15, 0.2) is 41.6 Å². The number of hydrogen-bond acceptors (Lipinski definition) is 5. The van der Waals surface area contributed by atoms with Crippen molar-refractivity contribution in [3.8, 4) is 5.69 Å². The molecule has 138 valence electrons. The van der Waals surface area contributed by atoms with Gasteiger partial charge in [0.1, 0.15) is 6.04 Å². The van der Waals surface area contributed by atoms with E-state index >= 15 is 0 Å². The van der Waals surface area contributed by atoms with Gasteiger partial charge in [-0.05, 0) is 30.7 Å². The van der Waals surface area contributed by atoms with E-state index in [1.54, 1.807) is 24.5 Å². The van der Waals surface area contributed by atoms with Crippen LogP contribution in [0.3, 0.4) is 0 Å². The first-order valence-corrected chi connectivity index (χ1v) is 9.67. The summed E-state index contributed by atoms with van der Waals surface area (Å²) in [6, 6.07) is 4.99. The molecule has 2 heterocycles. The molecule has 0 bridgehead atoms. The van der Waals surface area contributed by atoms with Crippen LogP contribution in [0.2, 0.25) is 5.02 Å². The largest absolute Gasteiger partial charge is 0.480 e. The molecule has 8 nitrogen and oxygen atoms in total. The maximum Gasteiger partial charge on any atom is 0.326 e. The predicted molar refractivity (Wildman–Crippen MR) is 93.0 cm³/mol. The molecular formula is C16H16ClN3O5S. The number of carbonyl (C=O) groups is 2. The first-order chi connectivity index (χ1) is 12.2. The minimum Gasteiger partial charge on any atom is -0.480 e.